The van der Waals surface area contributed by atoms with Gasteiger partial charge in [0.15, 0.2) is 16.0 Å². The molecular weight excluding hydrogens is 496 g/mol. The molecule has 4 aromatic rings. The van der Waals surface area contributed by atoms with E-state index in [2.05, 4.69) is 20.6 Å². The molecule has 0 bridgehead atoms. The number of H-pyrrole nitrogens is 1. The largest absolute Gasteiger partial charge is 0.450 e. The first-order valence-corrected chi connectivity index (χ1v) is 13.0. The highest BCUT2D eigenvalue weighted by molar-refractivity contribution is 8.18. The van der Waals surface area contributed by atoms with Gasteiger partial charge in [-0.2, -0.15) is 0 Å². The first-order valence-electron chi connectivity index (χ1n) is 11.3. The molecule has 0 spiro atoms. The van der Waals surface area contributed by atoms with Crippen LogP contribution in [0.15, 0.2) is 86.3 Å². The van der Waals surface area contributed by atoms with Crippen LogP contribution in [0, 0.1) is 5.92 Å². The van der Waals surface area contributed by atoms with Crippen molar-refractivity contribution in [2.24, 2.45) is 5.92 Å². The van der Waals surface area contributed by atoms with Crippen LogP contribution in [-0.4, -0.2) is 33.4 Å². The van der Waals surface area contributed by atoms with Crippen molar-refractivity contribution in [3.8, 4) is 0 Å². The third-order valence-corrected chi connectivity index (χ3v) is 7.31. The summed E-state index contributed by atoms with van der Waals surface area (Å²) in [6.45, 7) is 0.361. The number of hydrogen-bond donors (Lipinski definition) is 3. The van der Waals surface area contributed by atoms with Gasteiger partial charge in [0.2, 0.25) is 5.12 Å². The number of nitrogens with zero attached hydrogens (tertiary/aromatic N) is 1. The van der Waals surface area contributed by atoms with Gasteiger partial charge in [-0.3, -0.25) is 9.59 Å². The molecule has 3 N–H and O–H groups in total. The minimum Gasteiger partial charge on any atom is -0.450 e. The van der Waals surface area contributed by atoms with E-state index in [9.17, 15) is 14.4 Å². The Morgan fingerprint density at radius 3 is 2.72 bits per heavy atom. The molecule has 36 heavy (non-hydrogen) atoms. The average Bonchev–Trinajstić information content (AvgIpc) is 3.56. The summed E-state index contributed by atoms with van der Waals surface area (Å²) in [6, 6.07) is 20.1. The van der Waals surface area contributed by atoms with E-state index in [1.54, 1.807) is 30.3 Å². The van der Waals surface area contributed by atoms with E-state index in [4.69, 9.17) is 4.42 Å². The number of benzene rings is 2. The third kappa shape index (κ3) is 5.72. The Morgan fingerprint density at radius 1 is 1.08 bits per heavy atom. The molecule has 2 aromatic heterocycles. The van der Waals surface area contributed by atoms with E-state index in [0.29, 0.717) is 46.0 Å². The third-order valence-electron chi connectivity index (χ3n) is 5.48. The van der Waals surface area contributed by atoms with Crippen molar-refractivity contribution in [2.75, 3.05) is 11.9 Å². The first kappa shape index (κ1) is 24.0. The van der Waals surface area contributed by atoms with Crippen LogP contribution in [0.1, 0.15) is 18.6 Å². The van der Waals surface area contributed by atoms with Gasteiger partial charge in [0.1, 0.15) is 5.76 Å². The fourth-order valence-electron chi connectivity index (χ4n) is 3.73. The number of anilines is 1. The normalized spacial score (nSPS) is 16.7. The molecule has 182 valence electrons. The van der Waals surface area contributed by atoms with E-state index in [0.717, 1.165) is 22.8 Å². The molecule has 1 saturated heterocycles. The highest BCUT2D eigenvalue weighted by atomic mass is 32.2. The molecule has 3 heterocycles. The number of nitrogens with one attached hydrogen (secondary N) is 3. The molecule has 2 amide bonds. The summed E-state index contributed by atoms with van der Waals surface area (Å²) in [5, 5.41) is 6.63. The highest BCUT2D eigenvalue weighted by Crippen LogP contribution is 2.38. The second kappa shape index (κ2) is 10.9. The van der Waals surface area contributed by atoms with E-state index >= 15 is 0 Å². The Hall–Kier alpha value is -3.76. The summed E-state index contributed by atoms with van der Waals surface area (Å²) in [6.07, 6.45) is 2.50. The Kier molecular flexibility index (Phi) is 7.24. The number of aromatic nitrogens is 2. The summed E-state index contributed by atoms with van der Waals surface area (Å²) in [7, 11) is 0. The second-order valence-electron chi connectivity index (χ2n) is 8.05. The van der Waals surface area contributed by atoms with Crippen LogP contribution < -0.4 is 10.6 Å². The van der Waals surface area contributed by atoms with E-state index in [1.807, 2.05) is 42.5 Å². The van der Waals surface area contributed by atoms with Gasteiger partial charge >= 0.3 is 6.03 Å². The van der Waals surface area contributed by atoms with Gasteiger partial charge in [0.05, 0.1) is 21.9 Å². The average molecular weight is 519 g/mol. The number of amides is 2. The fraction of sp³-hybridized carbons (Fsp3) is 0.154. The SMILES string of the molecule is O=C(NCCCC1C(=O)S/C(=C\c2ccc(Sc3nc4ccccc4[nH]3)o2)C1=O)Nc1ccccc1. The second-order valence-corrected chi connectivity index (χ2v) is 10.1. The number of urea groups is 1. The standard InChI is InChI=1S/C26H22N4O4S2/c31-23-18(9-6-14-27-25(33)28-16-7-2-1-3-8-16)24(32)35-21(23)15-17-12-13-22(34-17)36-26-29-19-10-4-5-11-20(19)30-26/h1-5,7-8,10-13,15,18H,6,9,14H2,(H,29,30)(H2,27,28,33)/b21-15-. The quantitative estimate of drug-likeness (QED) is 0.155. The maximum atomic E-state index is 12.8. The zero-order valence-electron chi connectivity index (χ0n) is 19.0. The maximum absolute atomic E-state index is 12.8. The van der Waals surface area contributed by atoms with Gasteiger partial charge in [0, 0.05) is 12.2 Å². The van der Waals surface area contributed by atoms with Crippen LogP contribution >= 0.6 is 23.5 Å². The molecule has 1 unspecified atom stereocenters. The monoisotopic (exact) mass is 518 g/mol. The number of aromatic amines is 1. The molecular formula is C26H22N4O4S2. The number of Topliss-reactive ketones (excluding diaryl/α,β-unsaturated/α-hetero) is 1. The van der Waals surface area contributed by atoms with Crippen molar-refractivity contribution in [3.63, 3.8) is 0 Å². The van der Waals surface area contributed by atoms with Crippen LogP contribution in [0.25, 0.3) is 17.1 Å². The molecule has 0 saturated carbocycles. The summed E-state index contributed by atoms with van der Waals surface area (Å²) in [4.78, 5) is 45.3. The summed E-state index contributed by atoms with van der Waals surface area (Å²) < 4.78 is 5.83. The Morgan fingerprint density at radius 2 is 1.89 bits per heavy atom. The number of hydrogen-bond acceptors (Lipinski definition) is 7. The van der Waals surface area contributed by atoms with Crippen molar-refractivity contribution in [3.05, 3.63) is 77.4 Å². The minimum atomic E-state index is -0.709. The first-order chi connectivity index (χ1) is 17.5. The van der Waals surface area contributed by atoms with Gasteiger partial charge in [-0.25, -0.2) is 9.78 Å². The number of furan rings is 1. The minimum absolute atomic E-state index is 0.177. The number of imidazole rings is 1. The predicted molar refractivity (Wildman–Crippen MR) is 141 cm³/mol. The van der Waals surface area contributed by atoms with Crippen molar-refractivity contribution in [2.45, 2.75) is 23.1 Å². The van der Waals surface area contributed by atoms with Crippen LogP contribution in [0.5, 0.6) is 0 Å². The molecule has 10 heteroatoms. The number of allylic oxidation sites excluding steroid dienone is 1. The Labute approximate surface area is 215 Å². The van der Waals surface area contributed by atoms with Crippen LogP contribution in [-0.2, 0) is 9.59 Å². The lowest BCUT2D eigenvalue weighted by Crippen LogP contribution is -2.30. The number of ketones is 1. The lowest BCUT2D eigenvalue weighted by Gasteiger charge is -2.08. The Bertz CT molecular complexity index is 1410. The van der Waals surface area contributed by atoms with Gasteiger partial charge in [-0.1, -0.05) is 30.3 Å². The van der Waals surface area contributed by atoms with Gasteiger partial charge < -0.3 is 20.0 Å². The zero-order chi connectivity index (χ0) is 24.9. The number of thioether (sulfide) groups is 1. The molecule has 0 aliphatic carbocycles. The highest BCUT2D eigenvalue weighted by Gasteiger charge is 2.37. The van der Waals surface area contributed by atoms with Crippen LogP contribution in [0.3, 0.4) is 0 Å². The van der Waals surface area contributed by atoms with Crippen molar-refractivity contribution < 1.29 is 18.8 Å². The van der Waals surface area contributed by atoms with E-state index < -0.39 is 5.92 Å². The topological polar surface area (TPSA) is 117 Å². The number of para-hydroxylation sites is 3. The summed E-state index contributed by atoms with van der Waals surface area (Å²) in [5.41, 5.74) is 2.51. The van der Waals surface area contributed by atoms with Gasteiger partial charge in [-0.15, -0.1) is 0 Å². The molecule has 0 radical (unpaired) electrons. The summed E-state index contributed by atoms with van der Waals surface area (Å²) in [5.74, 6) is -0.418. The number of carbonyl (C=O) groups excluding carboxylic acids is 3. The summed E-state index contributed by atoms with van der Waals surface area (Å²) >= 11 is 2.30. The van der Waals surface area contributed by atoms with Crippen molar-refractivity contribution in [1.82, 2.24) is 15.3 Å². The number of carbonyl (C=O) groups is 3. The molecule has 8 nitrogen and oxygen atoms in total. The van der Waals surface area contributed by atoms with Crippen LogP contribution in [0.4, 0.5) is 10.5 Å². The van der Waals surface area contributed by atoms with Crippen LogP contribution in [0.2, 0.25) is 0 Å². The molecule has 1 fully saturated rings. The molecule has 1 atom stereocenters. The maximum Gasteiger partial charge on any atom is 0.319 e. The predicted octanol–water partition coefficient (Wildman–Crippen LogP) is 5.71. The van der Waals surface area contributed by atoms with Gasteiger partial charge in [-0.05, 0) is 78.8 Å². The number of rotatable bonds is 8. The van der Waals surface area contributed by atoms with Crippen molar-refractivity contribution in [1.29, 1.82) is 0 Å². The smallest absolute Gasteiger partial charge is 0.319 e. The fourth-order valence-corrected chi connectivity index (χ4v) is 5.50. The zero-order valence-corrected chi connectivity index (χ0v) is 20.7. The molecule has 1 aliphatic rings. The van der Waals surface area contributed by atoms with Crippen molar-refractivity contribution >= 4 is 63.3 Å². The molecule has 2 aromatic carbocycles. The lowest BCUT2D eigenvalue weighted by molar-refractivity contribution is -0.124. The molecule has 5 rings (SSSR count). The number of fused-ring (bicyclic) bond motifs is 1. The van der Waals surface area contributed by atoms with Gasteiger partial charge in [0.25, 0.3) is 0 Å². The molecule has 1 aliphatic heterocycles. The Balaban J connectivity index is 1.12. The van der Waals surface area contributed by atoms with E-state index in [1.165, 1.54) is 11.8 Å². The van der Waals surface area contributed by atoms with E-state index in [-0.39, 0.29) is 16.9 Å². The lowest BCUT2D eigenvalue weighted by atomic mass is 9.99.